The number of halogens is 1. The Hall–Kier alpha value is -2.79. The molecule has 24 atom stereocenters. The fraction of sp³-hybridized carbons (Fsp3) is 0.800. The second-order valence-electron chi connectivity index (χ2n) is 26.9. The molecule has 7 fully saturated rings. The van der Waals surface area contributed by atoms with Gasteiger partial charge in [0.1, 0.15) is 60.5 Å². The zero-order valence-electron chi connectivity index (χ0n) is 48.2. The monoisotopic (exact) mass is 1270 g/mol. The molecule has 460 valence electrons. The predicted octanol–water partition coefficient (Wildman–Crippen LogP) is 2.68. The number of rotatable bonds is 16. The van der Waals surface area contributed by atoms with Gasteiger partial charge in [-0.3, -0.25) is 14.4 Å². The van der Waals surface area contributed by atoms with Crippen LogP contribution in [0.15, 0.2) is 35.9 Å². The van der Waals surface area contributed by atoms with E-state index in [0.717, 1.165) is 28.3 Å². The van der Waals surface area contributed by atoms with Crippen LogP contribution in [-0.4, -0.2) is 188 Å². The molecule has 3 saturated heterocycles. The minimum absolute atomic E-state index is 0.0188. The number of ether oxygens (including phenoxy) is 6. The third-order valence-corrected chi connectivity index (χ3v) is 22.4. The Balaban J connectivity index is 0.963. The Morgan fingerprint density at radius 3 is 2.15 bits per heavy atom. The van der Waals surface area contributed by atoms with Crippen LogP contribution >= 0.6 is 22.6 Å². The lowest BCUT2D eigenvalue weighted by molar-refractivity contribution is -0.370. The van der Waals surface area contributed by atoms with E-state index in [4.69, 9.17) is 28.4 Å². The second kappa shape index (κ2) is 24.4. The molecular formula is C60H89IN2O19. The van der Waals surface area contributed by atoms with Gasteiger partial charge in [0, 0.05) is 22.1 Å². The molecular weight excluding hydrogens is 1180 g/mol. The van der Waals surface area contributed by atoms with Crippen molar-refractivity contribution in [2.75, 3.05) is 19.8 Å². The van der Waals surface area contributed by atoms with Crippen LogP contribution in [0, 0.1) is 53.8 Å². The van der Waals surface area contributed by atoms with Gasteiger partial charge in [0.05, 0.1) is 43.0 Å². The molecule has 11 unspecified atom stereocenters. The number of aliphatic hydroxyl groups is 9. The Bertz CT molecular complexity index is 2510. The van der Waals surface area contributed by atoms with Crippen LogP contribution in [0.3, 0.4) is 0 Å². The molecule has 4 saturated carbocycles. The number of aldehydes is 1. The molecule has 21 nitrogen and oxygen atoms in total. The first kappa shape index (κ1) is 63.7. The first-order chi connectivity index (χ1) is 38.6. The Morgan fingerprint density at radius 2 is 1.45 bits per heavy atom. The number of carbonyl (C=O) groups excluding carboxylic acids is 4. The van der Waals surface area contributed by atoms with Crippen LogP contribution in [0.1, 0.15) is 142 Å². The van der Waals surface area contributed by atoms with Crippen LogP contribution in [0.4, 0.5) is 0 Å². The maximum Gasteiger partial charge on any atom is 0.317 e. The van der Waals surface area contributed by atoms with E-state index in [1.54, 1.807) is 12.1 Å². The summed E-state index contributed by atoms with van der Waals surface area (Å²) in [7, 11) is 0. The summed E-state index contributed by atoms with van der Waals surface area (Å²) >= 11 is 2.16. The van der Waals surface area contributed by atoms with E-state index in [1.165, 1.54) is 6.92 Å². The summed E-state index contributed by atoms with van der Waals surface area (Å²) in [5.74, 6) is -2.06. The lowest BCUT2D eigenvalue weighted by atomic mass is 9.33. The lowest BCUT2D eigenvalue weighted by Gasteiger charge is -2.71. The quantitative estimate of drug-likeness (QED) is 0.0373. The van der Waals surface area contributed by atoms with Gasteiger partial charge in [-0.05, 0) is 164 Å². The number of benzene rings is 1. The average molecular weight is 1270 g/mol. The van der Waals surface area contributed by atoms with Gasteiger partial charge in [0.2, 0.25) is 12.2 Å². The van der Waals surface area contributed by atoms with Gasteiger partial charge < -0.3 is 89.8 Å². The maximum absolute atomic E-state index is 15.7. The van der Waals surface area contributed by atoms with Crippen LogP contribution < -0.4 is 10.6 Å². The summed E-state index contributed by atoms with van der Waals surface area (Å²) in [6.45, 7) is 13.6. The number of hydrogen-bond donors (Lipinski definition) is 11. The predicted molar refractivity (Wildman–Crippen MR) is 300 cm³/mol. The molecule has 0 radical (unpaired) electrons. The van der Waals surface area contributed by atoms with Crippen molar-refractivity contribution in [1.29, 1.82) is 0 Å². The molecule has 0 aromatic heterocycles. The topological polar surface area (TPSA) is 330 Å². The zero-order valence-corrected chi connectivity index (χ0v) is 50.4. The molecule has 11 N–H and O–H groups in total. The summed E-state index contributed by atoms with van der Waals surface area (Å²) in [5, 5.41) is 107. The van der Waals surface area contributed by atoms with E-state index < -0.39 is 145 Å². The number of fused-ring (bicyclic) bond motifs is 7. The van der Waals surface area contributed by atoms with Crippen molar-refractivity contribution in [2.24, 2.45) is 50.2 Å². The fourth-order valence-electron chi connectivity index (χ4n) is 16.6. The van der Waals surface area contributed by atoms with Crippen molar-refractivity contribution in [3.05, 3.63) is 45.0 Å². The molecule has 1 aromatic rings. The number of aliphatic hydroxyl groups excluding tert-OH is 9. The number of hydrogen-bond acceptors (Lipinski definition) is 19. The van der Waals surface area contributed by atoms with Crippen LogP contribution in [0.5, 0.6) is 0 Å². The summed E-state index contributed by atoms with van der Waals surface area (Å²) in [6.07, 6.45) is -13.8. The molecule has 5 aliphatic carbocycles. The van der Waals surface area contributed by atoms with E-state index in [1.807, 2.05) is 19.1 Å². The van der Waals surface area contributed by atoms with Crippen molar-refractivity contribution in [1.82, 2.24) is 10.6 Å². The fourth-order valence-corrected chi connectivity index (χ4v) is 16.9. The molecule has 0 spiro atoms. The SMILES string of the molecule is CC1O[C@@H](OC2C(O)[C@@H](NC(=O)CCCCCNC(=O)c3ccc(I)cc3)C(CO)O[C@H]2OC(=O)[C@]23CCC(C)(C)CC2C2=CCC4C5(C)CC[C@H](O)[C@](C)(C=O)[C@@H]5CC[C@]4(C)[C@]2(C)C[C@@H]3O)C(O)C(O)[C@H]1O[C@@H]1OC[C@@H](O)C(O)C1O. The van der Waals surface area contributed by atoms with Crippen LogP contribution in [0.25, 0.3) is 0 Å². The van der Waals surface area contributed by atoms with E-state index in [-0.39, 0.29) is 53.3 Å². The van der Waals surface area contributed by atoms with Gasteiger partial charge in [-0.2, -0.15) is 0 Å². The summed E-state index contributed by atoms with van der Waals surface area (Å²) in [4.78, 5) is 54.8. The molecule has 8 aliphatic rings. The molecule has 3 heterocycles. The van der Waals surface area contributed by atoms with Crippen molar-refractivity contribution < 1.29 is 93.6 Å². The molecule has 22 heteroatoms. The average Bonchev–Trinajstić information content (AvgIpc) is 3.61. The zero-order chi connectivity index (χ0) is 59.6. The van der Waals surface area contributed by atoms with Crippen LogP contribution in [0.2, 0.25) is 0 Å². The van der Waals surface area contributed by atoms with E-state index in [2.05, 4.69) is 73.9 Å². The third-order valence-electron chi connectivity index (χ3n) is 21.7. The van der Waals surface area contributed by atoms with Crippen molar-refractivity contribution in [3.63, 3.8) is 0 Å². The number of allylic oxidation sites excluding steroid dienone is 2. The van der Waals surface area contributed by atoms with Gasteiger partial charge in [-0.25, -0.2) is 0 Å². The van der Waals surface area contributed by atoms with Gasteiger partial charge in [0.15, 0.2) is 18.7 Å². The highest BCUT2D eigenvalue weighted by Gasteiger charge is 2.72. The Morgan fingerprint density at radius 1 is 0.756 bits per heavy atom. The smallest absolute Gasteiger partial charge is 0.317 e. The van der Waals surface area contributed by atoms with Crippen molar-refractivity contribution in [2.45, 2.75) is 230 Å². The van der Waals surface area contributed by atoms with Crippen molar-refractivity contribution >= 4 is 46.7 Å². The standard InChI is InChI=1S/C60H89IN2O19/c1-30-48(80-51-46(73)43(70)35(66)28-77-51)45(72)47(74)52(78-30)81-49-44(71)42(63-41(69)11-9-8-10-24-62-50(75)31-12-14-32(61)15-13-31)36(27-64)79-53(49)82-54(76)60-23-22-55(2,3)25-34(60)33-16-17-38-56(4)20-19-39(67)57(5,29-65)37(56)18-21-58(38,6)59(33,7)26-40(60)68/h12-16,29-30,34-40,42-49,51-53,64,66-68,70-74H,8-11,17-28H2,1-7H3,(H,62,75)(H,63,69)/t30?,34?,35-,36?,37-,38?,39+,40+,42+,43?,44?,45?,46?,47?,48+,49?,51+,52+,53+,56?,57-,58+,59-,60-/m1/s1. The summed E-state index contributed by atoms with van der Waals surface area (Å²) in [6, 6.07) is 5.76. The lowest BCUT2D eigenvalue weighted by Crippen LogP contribution is -2.69. The van der Waals surface area contributed by atoms with Crippen LogP contribution in [-0.2, 0) is 42.8 Å². The van der Waals surface area contributed by atoms with E-state index >= 15 is 4.79 Å². The van der Waals surface area contributed by atoms with Gasteiger partial charge in [0.25, 0.3) is 5.91 Å². The first-order valence-corrected chi connectivity index (χ1v) is 30.7. The molecule has 2 amide bonds. The normalized spacial score (nSPS) is 46.1. The largest absolute Gasteiger partial charge is 0.432 e. The minimum atomic E-state index is -1.96. The van der Waals surface area contributed by atoms with Crippen molar-refractivity contribution in [3.8, 4) is 0 Å². The highest BCUT2D eigenvalue weighted by atomic mass is 127. The maximum atomic E-state index is 15.7. The molecule has 82 heavy (non-hydrogen) atoms. The number of unbranched alkanes of at least 4 members (excludes halogenated alkanes) is 2. The number of nitrogens with one attached hydrogen (secondary N) is 2. The Labute approximate surface area is 493 Å². The number of amides is 2. The number of esters is 1. The summed E-state index contributed by atoms with van der Waals surface area (Å²) in [5.41, 5.74) is -2.41. The van der Waals surface area contributed by atoms with E-state index in [9.17, 15) is 60.3 Å². The second-order valence-corrected chi connectivity index (χ2v) is 28.2. The third kappa shape index (κ3) is 11.3. The van der Waals surface area contributed by atoms with E-state index in [0.29, 0.717) is 63.5 Å². The highest BCUT2D eigenvalue weighted by molar-refractivity contribution is 14.1. The molecule has 1 aromatic carbocycles. The summed E-state index contributed by atoms with van der Waals surface area (Å²) < 4.78 is 37.5. The highest BCUT2D eigenvalue weighted by Crippen LogP contribution is 2.76. The minimum Gasteiger partial charge on any atom is -0.432 e. The molecule has 9 rings (SSSR count). The van der Waals surface area contributed by atoms with Gasteiger partial charge >= 0.3 is 5.97 Å². The first-order valence-electron chi connectivity index (χ1n) is 29.6. The molecule has 0 bridgehead atoms. The Kier molecular flexibility index (Phi) is 19.0. The van der Waals surface area contributed by atoms with Gasteiger partial charge in [-0.1, -0.05) is 59.6 Å². The molecule has 3 aliphatic heterocycles. The number of carbonyl (C=O) groups is 4. The van der Waals surface area contributed by atoms with Gasteiger partial charge in [-0.15, -0.1) is 0 Å².